The third-order valence-corrected chi connectivity index (χ3v) is 3.38. The van der Waals surface area contributed by atoms with E-state index in [-0.39, 0.29) is 6.04 Å². The molecular formula is C13H21N3. The molecule has 0 unspecified atom stereocenters. The number of nitrogens with zero attached hydrogens (tertiary/aromatic N) is 1. The van der Waals surface area contributed by atoms with Crippen LogP contribution in [0.3, 0.4) is 0 Å². The Balaban J connectivity index is 2.21. The molecule has 1 atom stereocenters. The van der Waals surface area contributed by atoms with Gasteiger partial charge in [-0.05, 0) is 43.0 Å². The lowest BCUT2D eigenvalue weighted by Gasteiger charge is -2.20. The fourth-order valence-corrected chi connectivity index (χ4v) is 2.37. The van der Waals surface area contributed by atoms with Crippen LogP contribution in [-0.4, -0.2) is 19.6 Å². The molecule has 1 aromatic carbocycles. The Morgan fingerprint density at radius 2 is 2.00 bits per heavy atom. The molecule has 0 bridgehead atoms. The van der Waals surface area contributed by atoms with Gasteiger partial charge in [-0.15, -0.1) is 0 Å². The number of hydrogen-bond donors (Lipinski definition) is 2. The van der Waals surface area contributed by atoms with E-state index in [1.54, 1.807) is 0 Å². The van der Waals surface area contributed by atoms with Crippen LogP contribution in [0, 0.1) is 6.92 Å². The van der Waals surface area contributed by atoms with E-state index in [9.17, 15) is 0 Å². The van der Waals surface area contributed by atoms with Crippen molar-refractivity contribution in [2.45, 2.75) is 25.8 Å². The molecule has 16 heavy (non-hydrogen) atoms. The predicted molar refractivity (Wildman–Crippen MR) is 68.6 cm³/mol. The third kappa shape index (κ3) is 2.20. The van der Waals surface area contributed by atoms with E-state index in [4.69, 9.17) is 11.5 Å². The molecule has 1 aliphatic heterocycles. The quantitative estimate of drug-likeness (QED) is 0.811. The minimum absolute atomic E-state index is 0.0346. The van der Waals surface area contributed by atoms with E-state index in [0.717, 1.165) is 0 Å². The monoisotopic (exact) mass is 219 g/mol. The molecule has 0 saturated carbocycles. The molecule has 88 valence electrons. The van der Waals surface area contributed by atoms with E-state index in [1.165, 1.54) is 42.7 Å². The smallest absolute Gasteiger partial charge is 0.0422 e. The van der Waals surface area contributed by atoms with E-state index < -0.39 is 0 Å². The zero-order valence-electron chi connectivity index (χ0n) is 9.95. The molecule has 0 aromatic heterocycles. The summed E-state index contributed by atoms with van der Waals surface area (Å²) >= 11 is 0. The Morgan fingerprint density at radius 3 is 2.56 bits per heavy atom. The highest BCUT2D eigenvalue weighted by atomic mass is 15.1. The molecule has 1 aliphatic rings. The first-order valence-corrected chi connectivity index (χ1v) is 6.03. The van der Waals surface area contributed by atoms with E-state index >= 15 is 0 Å². The second-order valence-corrected chi connectivity index (χ2v) is 4.58. The van der Waals surface area contributed by atoms with E-state index in [1.807, 2.05) is 0 Å². The van der Waals surface area contributed by atoms with Crippen LogP contribution < -0.4 is 16.4 Å². The maximum atomic E-state index is 5.96. The minimum Gasteiger partial charge on any atom is -0.372 e. The van der Waals surface area contributed by atoms with Crippen molar-refractivity contribution in [2.24, 2.45) is 11.5 Å². The molecule has 1 saturated heterocycles. The van der Waals surface area contributed by atoms with Gasteiger partial charge in [0.25, 0.3) is 0 Å². The van der Waals surface area contributed by atoms with Gasteiger partial charge in [-0.3, -0.25) is 0 Å². The molecule has 1 fully saturated rings. The van der Waals surface area contributed by atoms with Crippen LogP contribution in [0.15, 0.2) is 18.2 Å². The van der Waals surface area contributed by atoms with Crippen molar-refractivity contribution in [1.29, 1.82) is 0 Å². The lowest BCUT2D eigenvalue weighted by molar-refractivity contribution is 0.731. The molecule has 0 spiro atoms. The van der Waals surface area contributed by atoms with Crippen LogP contribution in [0.25, 0.3) is 0 Å². The first-order chi connectivity index (χ1) is 7.72. The van der Waals surface area contributed by atoms with Gasteiger partial charge >= 0.3 is 0 Å². The predicted octanol–water partition coefficient (Wildman–Crippen LogP) is 1.55. The van der Waals surface area contributed by atoms with E-state index in [0.29, 0.717) is 6.54 Å². The topological polar surface area (TPSA) is 55.3 Å². The van der Waals surface area contributed by atoms with Gasteiger partial charge in [0.2, 0.25) is 0 Å². The second-order valence-electron chi connectivity index (χ2n) is 4.58. The van der Waals surface area contributed by atoms with Gasteiger partial charge in [-0.2, -0.15) is 0 Å². The first-order valence-electron chi connectivity index (χ1n) is 6.03. The van der Waals surface area contributed by atoms with Gasteiger partial charge in [0, 0.05) is 31.4 Å². The lowest BCUT2D eigenvalue weighted by atomic mass is 10.0. The number of hydrogen-bond acceptors (Lipinski definition) is 3. The van der Waals surface area contributed by atoms with Crippen molar-refractivity contribution >= 4 is 5.69 Å². The summed E-state index contributed by atoms with van der Waals surface area (Å²) in [4.78, 5) is 2.44. The largest absolute Gasteiger partial charge is 0.372 e. The third-order valence-electron chi connectivity index (χ3n) is 3.38. The normalized spacial score (nSPS) is 17.8. The highest BCUT2D eigenvalue weighted by Gasteiger charge is 2.14. The Kier molecular flexibility index (Phi) is 3.46. The summed E-state index contributed by atoms with van der Waals surface area (Å²) in [7, 11) is 0. The standard InChI is InChI=1S/C13H21N3/c1-10-8-11(16-6-2-3-7-16)4-5-12(10)13(15)9-14/h4-5,8,13H,2-3,6-7,9,14-15H2,1H3/t13-/m0/s1. The zero-order valence-corrected chi connectivity index (χ0v) is 9.95. The van der Waals surface area contributed by atoms with Gasteiger partial charge < -0.3 is 16.4 Å². The van der Waals surface area contributed by atoms with Gasteiger partial charge in [0.15, 0.2) is 0 Å². The van der Waals surface area contributed by atoms with Crippen molar-refractivity contribution in [1.82, 2.24) is 0 Å². The van der Waals surface area contributed by atoms with E-state index in [2.05, 4.69) is 30.0 Å². The summed E-state index contributed by atoms with van der Waals surface area (Å²) in [5, 5.41) is 0. The first kappa shape index (κ1) is 11.4. The molecule has 0 radical (unpaired) electrons. The van der Waals surface area contributed by atoms with Crippen LogP contribution in [0.2, 0.25) is 0 Å². The van der Waals surface area contributed by atoms with Gasteiger partial charge in [-0.25, -0.2) is 0 Å². The molecule has 3 heteroatoms. The van der Waals surface area contributed by atoms with Crippen molar-refractivity contribution < 1.29 is 0 Å². The fourth-order valence-electron chi connectivity index (χ4n) is 2.37. The van der Waals surface area contributed by atoms with Crippen molar-refractivity contribution in [3.8, 4) is 0 Å². The van der Waals surface area contributed by atoms with Crippen molar-refractivity contribution in [2.75, 3.05) is 24.5 Å². The SMILES string of the molecule is Cc1cc(N2CCCC2)ccc1[C@@H](N)CN. The number of rotatable bonds is 3. The summed E-state index contributed by atoms with van der Waals surface area (Å²) in [5.74, 6) is 0. The highest BCUT2D eigenvalue weighted by molar-refractivity contribution is 5.52. The molecule has 1 heterocycles. The molecular weight excluding hydrogens is 198 g/mol. The maximum Gasteiger partial charge on any atom is 0.0422 e. The lowest BCUT2D eigenvalue weighted by Crippen LogP contribution is -2.22. The number of aryl methyl sites for hydroxylation is 1. The average Bonchev–Trinajstić information content (AvgIpc) is 2.81. The molecule has 0 aliphatic carbocycles. The van der Waals surface area contributed by atoms with Crippen molar-refractivity contribution in [3.05, 3.63) is 29.3 Å². The van der Waals surface area contributed by atoms with Crippen molar-refractivity contribution in [3.63, 3.8) is 0 Å². The molecule has 0 amide bonds. The summed E-state index contributed by atoms with van der Waals surface area (Å²) in [6, 6.07) is 6.49. The van der Waals surface area contributed by atoms with Gasteiger partial charge in [0.1, 0.15) is 0 Å². The average molecular weight is 219 g/mol. The highest BCUT2D eigenvalue weighted by Crippen LogP contribution is 2.24. The number of anilines is 1. The fraction of sp³-hybridized carbons (Fsp3) is 0.538. The Bertz CT molecular complexity index is 356. The summed E-state index contributed by atoms with van der Waals surface area (Å²) in [5.41, 5.74) is 15.3. The Morgan fingerprint density at radius 1 is 1.31 bits per heavy atom. The maximum absolute atomic E-state index is 5.96. The Hall–Kier alpha value is -1.06. The molecule has 1 aromatic rings. The molecule has 4 N–H and O–H groups in total. The molecule has 2 rings (SSSR count). The van der Waals surface area contributed by atoms with Gasteiger partial charge in [-0.1, -0.05) is 6.07 Å². The zero-order chi connectivity index (χ0) is 11.5. The second kappa shape index (κ2) is 4.85. The minimum atomic E-state index is -0.0346. The summed E-state index contributed by atoms with van der Waals surface area (Å²) in [6.45, 7) is 4.98. The van der Waals surface area contributed by atoms with Crippen LogP contribution in [0.4, 0.5) is 5.69 Å². The number of nitrogens with two attached hydrogens (primary N) is 2. The summed E-state index contributed by atoms with van der Waals surface area (Å²) < 4.78 is 0. The van der Waals surface area contributed by atoms with Crippen LogP contribution in [-0.2, 0) is 0 Å². The van der Waals surface area contributed by atoms with Gasteiger partial charge in [0.05, 0.1) is 0 Å². The molecule has 3 nitrogen and oxygen atoms in total. The van der Waals surface area contributed by atoms with Crippen LogP contribution in [0.1, 0.15) is 30.0 Å². The number of benzene rings is 1. The van der Waals surface area contributed by atoms with Crippen LogP contribution in [0.5, 0.6) is 0 Å². The van der Waals surface area contributed by atoms with Crippen LogP contribution >= 0.6 is 0 Å². The Labute approximate surface area is 97.4 Å². The summed E-state index contributed by atoms with van der Waals surface area (Å²) in [6.07, 6.45) is 2.62.